The number of carbonyl (C=O) groups excluding carboxylic acids is 1. The van der Waals surface area contributed by atoms with Crippen molar-refractivity contribution in [3.63, 3.8) is 0 Å². The van der Waals surface area contributed by atoms with Crippen LogP contribution in [0.25, 0.3) is 0 Å². The Kier molecular flexibility index (Phi) is 4.55. The van der Waals surface area contributed by atoms with Crippen LogP contribution in [0.4, 0.5) is 0 Å². The highest BCUT2D eigenvalue weighted by Gasteiger charge is 2.28. The van der Waals surface area contributed by atoms with E-state index < -0.39 is 0 Å². The monoisotopic (exact) mass is 199 g/mol. The first-order valence-electron chi connectivity index (χ1n) is 5.56. The second-order valence-electron chi connectivity index (χ2n) is 3.96. The van der Waals surface area contributed by atoms with Crippen LogP contribution in [-0.2, 0) is 9.53 Å². The Bertz CT molecular complexity index is 194. The summed E-state index contributed by atoms with van der Waals surface area (Å²) < 4.78 is 5.50. The number of ketones is 1. The van der Waals surface area contributed by atoms with Crippen molar-refractivity contribution in [2.75, 3.05) is 26.2 Å². The third kappa shape index (κ3) is 2.79. The number of likely N-dealkylation sites (N-methyl/N-ethyl adjacent to an activating group) is 1. The van der Waals surface area contributed by atoms with Crippen LogP contribution in [0.15, 0.2) is 0 Å². The van der Waals surface area contributed by atoms with E-state index in [1.807, 2.05) is 13.8 Å². The van der Waals surface area contributed by atoms with E-state index in [1.165, 1.54) is 0 Å². The average Bonchev–Trinajstić information content (AvgIpc) is 2.27. The number of morpholine rings is 1. The smallest absolute Gasteiger partial charge is 0.165 e. The summed E-state index contributed by atoms with van der Waals surface area (Å²) in [5.74, 6) is 0.405. The van der Waals surface area contributed by atoms with E-state index in [1.54, 1.807) is 0 Å². The fourth-order valence-corrected chi connectivity index (χ4v) is 1.68. The van der Waals surface area contributed by atoms with Gasteiger partial charge in [0, 0.05) is 19.0 Å². The van der Waals surface area contributed by atoms with E-state index in [-0.39, 0.29) is 17.8 Å². The quantitative estimate of drug-likeness (QED) is 0.684. The Labute approximate surface area is 86.4 Å². The van der Waals surface area contributed by atoms with Gasteiger partial charge in [0.25, 0.3) is 0 Å². The Hall–Kier alpha value is -0.410. The maximum Gasteiger partial charge on any atom is 0.165 e. The van der Waals surface area contributed by atoms with Gasteiger partial charge in [-0.25, -0.2) is 0 Å². The lowest BCUT2D eigenvalue weighted by atomic mass is 9.98. The summed E-state index contributed by atoms with van der Waals surface area (Å²) in [5.41, 5.74) is 0. The fraction of sp³-hybridized carbons (Fsp3) is 0.909. The molecule has 1 heterocycles. The van der Waals surface area contributed by atoms with Crippen LogP contribution in [0.2, 0.25) is 0 Å². The molecule has 2 unspecified atom stereocenters. The molecule has 82 valence electrons. The summed E-state index contributed by atoms with van der Waals surface area (Å²) in [6.07, 6.45) is 0.726. The summed E-state index contributed by atoms with van der Waals surface area (Å²) in [5, 5.41) is 0. The molecule has 0 amide bonds. The third-order valence-electron chi connectivity index (χ3n) is 3.01. The molecule has 0 aromatic heterocycles. The molecule has 1 rings (SSSR count). The fourth-order valence-electron chi connectivity index (χ4n) is 1.68. The topological polar surface area (TPSA) is 29.5 Å². The molecule has 14 heavy (non-hydrogen) atoms. The van der Waals surface area contributed by atoms with E-state index >= 15 is 0 Å². The number of carbonyl (C=O) groups is 1. The summed E-state index contributed by atoms with van der Waals surface area (Å²) in [4.78, 5) is 14.1. The number of nitrogens with zero attached hydrogens (tertiary/aromatic N) is 1. The molecule has 0 saturated carbocycles. The number of ether oxygens (including phenoxy) is 1. The van der Waals surface area contributed by atoms with Gasteiger partial charge < -0.3 is 4.74 Å². The van der Waals surface area contributed by atoms with Crippen LogP contribution < -0.4 is 0 Å². The van der Waals surface area contributed by atoms with Crippen LogP contribution in [0.3, 0.4) is 0 Å². The second-order valence-corrected chi connectivity index (χ2v) is 3.96. The van der Waals surface area contributed by atoms with Crippen molar-refractivity contribution < 1.29 is 9.53 Å². The van der Waals surface area contributed by atoms with Gasteiger partial charge in [-0.1, -0.05) is 20.8 Å². The van der Waals surface area contributed by atoms with Gasteiger partial charge in [-0.3, -0.25) is 9.69 Å². The van der Waals surface area contributed by atoms with Crippen molar-refractivity contribution in [2.45, 2.75) is 33.3 Å². The molecule has 0 bridgehead atoms. The highest BCUT2D eigenvalue weighted by Crippen LogP contribution is 2.12. The van der Waals surface area contributed by atoms with Gasteiger partial charge in [0.05, 0.1) is 6.61 Å². The minimum absolute atomic E-state index is 0.136. The lowest BCUT2D eigenvalue weighted by Gasteiger charge is -2.32. The van der Waals surface area contributed by atoms with Crippen LogP contribution >= 0.6 is 0 Å². The Morgan fingerprint density at radius 3 is 2.86 bits per heavy atom. The van der Waals surface area contributed by atoms with Gasteiger partial charge in [0.15, 0.2) is 5.78 Å². The number of hydrogen-bond donors (Lipinski definition) is 0. The minimum Gasteiger partial charge on any atom is -0.368 e. The van der Waals surface area contributed by atoms with Crippen molar-refractivity contribution in [1.82, 2.24) is 4.90 Å². The van der Waals surface area contributed by atoms with Gasteiger partial charge in [-0.15, -0.1) is 0 Å². The van der Waals surface area contributed by atoms with Gasteiger partial charge in [0.1, 0.15) is 6.10 Å². The van der Waals surface area contributed by atoms with Crippen molar-refractivity contribution in [3.8, 4) is 0 Å². The van der Waals surface area contributed by atoms with Crippen LogP contribution in [0, 0.1) is 5.92 Å². The first-order valence-corrected chi connectivity index (χ1v) is 5.56. The van der Waals surface area contributed by atoms with Crippen molar-refractivity contribution >= 4 is 5.78 Å². The Balaban J connectivity index is 2.47. The van der Waals surface area contributed by atoms with Gasteiger partial charge in [-0.05, 0) is 13.0 Å². The Morgan fingerprint density at radius 1 is 1.57 bits per heavy atom. The predicted octanol–water partition coefficient (Wildman–Crippen LogP) is 1.32. The first-order chi connectivity index (χ1) is 6.69. The second kappa shape index (κ2) is 5.47. The molecule has 0 aromatic rings. The SMILES string of the molecule is CCC(C)C(=O)C1CN(CC)CCO1. The molecule has 3 heteroatoms. The lowest BCUT2D eigenvalue weighted by Crippen LogP contribution is -2.47. The molecule has 0 aliphatic carbocycles. The van der Waals surface area contributed by atoms with Crippen molar-refractivity contribution in [1.29, 1.82) is 0 Å². The number of rotatable bonds is 4. The normalized spacial score (nSPS) is 26.1. The molecule has 1 saturated heterocycles. The zero-order valence-electron chi connectivity index (χ0n) is 9.45. The van der Waals surface area contributed by atoms with E-state index in [9.17, 15) is 4.79 Å². The molecule has 0 N–H and O–H groups in total. The summed E-state index contributed by atoms with van der Waals surface area (Å²) in [6, 6.07) is 0. The molecule has 0 aromatic carbocycles. The largest absolute Gasteiger partial charge is 0.368 e. The molecular formula is C11H21NO2. The Morgan fingerprint density at radius 2 is 2.29 bits per heavy atom. The van der Waals surface area contributed by atoms with E-state index in [0.29, 0.717) is 6.61 Å². The highest BCUT2D eigenvalue weighted by molar-refractivity contribution is 5.85. The third-order valence-corrected chi connectivity index (χ3v) is 3.01. The molecule has 2 atom stereocenters. The average molecular weight is 199 g/mol. The summed E-state index contributed by atoms with van der Waals surface area (Å²) >= 11 is 0. The highest BCUT2D eigenvalue weighted by atomic mass is 16.5. The maximum absolute atomic E-state index is 11.8. The lowest BCUT2D eigenvalue weighted by molar-refractivity contribution is -0.139. The maximum atomic E-state index is 11.8. The summed E-state index contributed by atoms with van der Waals surface area (Å²) in [7, 11) is 0. The molecule has 0 spiro atoms. The standard InChI is InChI=1S/C11H21NO2/c1-4-9(3)11(13)10-8-12(5-2)6-7-14-10/h9-10H,4-8H2,1-3H3. The first kappa shape index (κ1) is 11.7. The van der Waals surface area contributed by atoms with Crippen molar-refractivity contribution in [3.05, 3.63) is 0 Å². The summed E-state index contributed by atoms with van der Waals surface area (Å²) in [6.45, 7) is 9.59. The van der Waals surface area contributed by atoms with Gasteiger partial charge in [-0.2, -0.15) is 0 Å². The van der Waals surface area contributed by atoms with Crippen LogP contribution in [0.1, 0.15) is 27.2 Å². The molecule has 1 fully saturated rings. The number of hydrogen-bond acceptors (Lipinski definition) is 3. The molecule has 1 aliphatic rings. The van der Waals surface area contributed by atoms with E-state index in [2.05, 4.69) is 11.8 Å². The van der Waals surface area contributed by atoms with Gasteiger partial charge in [0.2, 0.25) is 0 Å². The molecule has 1 aliphatic heterocycles. The van der Waals surface area contributed by atoms with E-state index in [4.69, 9.17) is 4.74 Å². The predicted molar refractivity (Wildman–Crippen MR) is 56.3 cm³/mol. The zero-order valence-corrected chi connectivity index (χ0v) is 9.45. The number of Topliss-reactive ketones (excluding diaryl/α,β-unsaturated/α-hetero) is 1. The minimum atomic E-state index is -0.182. The van der Waals surface area contributed by atoms with E-state index in [0.717, 1.165) is 26.1 Å². The molecule has 3 nitrogen and oxygen atoms in total. The zero-order chi connectivity index (χ0) is 10.6. The van der Waals surface area contributed by atoms with Crippen LogP contribution in [0.5, 0.6) is 0 Å². The van der Waals surface area contributed by atoms with Gasteiger partial charge >= 0.3 is 0 Å². The van der Waals surface area contributed by atoms with Crippen LogP contribution in [-0.4, -0.2) is 43.0 Å². The molecule has 0 radical (unpaired) electrons. The molecular weight excluding hydrogens is 178 g/mol. The van der Waals surface area contributed by atoms with Crippen molar-refractivity contribution in [2.24, 2.45) is 5.92 Å².